The van der Waals surface area contributed by atoms with Gasteiger partial charge in [-0.2, -0.15) is 0 Å². The molecule has 0 aliphatic carbocycles. The summed E-state index contributed by atoms with van der Waals surface area (Å²) in [5.41, 5.74) is 8.95. The molecule has 0 saturated heterocycles. The van der Waals surface area contributed by atoms with E-state index in [1.54, 1.807) is 62.5 Å². The molecule has 9 heteroatoms. The number of sulfone groups is 1. The molecule has 0 unspecified atom stereocenters. The van der Waals surface area contributed by atoms with Crippen molar-refractivity contribution in [2.75, 3.05) is 11.5 Å². The van der Waals surface area contributed by atoms with Crippen LogP contribution in [0.5, 0.6) is 11.5 Å². The first-order valence-electron chi connectivity index (χ1n) is 9.90. The molecule has 0 bridgehead atoms. The van der Waals surface area contributed by atoms with Crippen LogP contribution < -0.4 is 15.2 Å². The third-order valence-electron chi connectivity index (χ3n) is 5.31. The fraction of sp³-hybridized carbons (Fsp3) is 0.130. The highest BCUT2D eigenvalue weighted by Crippen LogP contribution is 2.39. The Balaban J connectivity index is 1.94. The monoisotopic (exact) mass is 450 g/mol. The van der Waals surface area contributed by atoms with Gasteiger partial charge in [-0.3, -0.25) is 0 Å². The molecule has 2 aromatic carbocycles. The van der Waals surface area contributed by atoms with Crippen molar-refractivity contribution >= 4 is 32.8 Å². The maximum absolute atomic E-state index is 12.6. The molecule has 8 nitrogen and oxygen atoms in total. The standard InChI is InChI=1S/C23H22N4O4S/c1-3-32(29,30)17-6-7-22(31-16-5-4-15(13-24)21(25)11-16)20(12-17)19-10-14(2)27(28)23-18(19)8-9-26-23/h4-13,24,26H,3,25H2,1-2H3. The van der Waals surface area contributed by atoms with E-state index in [4.69, 9.17) is 15.9 Å². The molecule has 0 aliphatic rings. The van der Waals surface area contributed by atoms with E-state index < -0.39 is 9.84 Å². The van der Waals surface area contributed by atoms with Crippen molar-refractivity contribution in [1.29, 1.82) is 5.41 Å². The second-order valence-electron chi connectivity index (χ2n) is 7.33. The van der Waals surface area contributed by atoms with E-state index in [-0.39, 0.29) is 10.6 Å². The Morgan fingerprint density at radius 2 is 1.94 bits per heavy atom. The van der Waals surface area contributed by atoms with Crippen molar-refractivity contribution in [2.24, 2.45) is 0 Å². The normalized spacial score (nSPS) is 11.6. The number of nitrogens with one attached hydrogen (secondary N) is 2. The highest BCUT2D eigenvalue weighted by atomic mass is 32.2. The topological polar surface area (TPSA) is 136 Å². The number of benzene rings is 2. The van der Waals surface area contributed by atoms with E-state index in [0.717, 1.165) is 10.9 Å². The van der Waals surface area contributed by atoms with Gasteiger partial charge in [-0.15, -0.1) is 0 Å². The Hall–Kier alpha value is -3.85. The van der Waals surface area contributed by atoms with Gasteiger partial charge in [0.05, 0.1) is 22.2 Å². The van der Waals surface area contributed by atoms with Gasteiger partial charge in [0, 0.05) is 34.7 Å². The van der Waals surface area contributed by atoms with E-state index in [1.807, 2.05) is 0 Å². The molecule has 0 spiro atoms. The van der Waals surface area contributed by atoms with Crippen molar-refractivity contribution < 1.29 is 17.9 Å². The summed E-state index contributed by atoms with van der Waals surface area (Å²) in [7, 11) is -3.47. The SMILES string of the molecule is CCS(=O)(=O)c1ccc(Oc2ccc(C=N)c(N)c2)c(-c2cc(C)[n+]([O-])c3[nH]ccc23)c1. The highest BCUT2D eigenvalue weighted by Gasteiger charge is 2.21. The Morgan fingerprint density at radius 1 is 1.16 bits per heavy atom. The van der Waals surface area contributed by atoms with Crippen molar-refractivity contribution in [2.45, 2.75) is 18.7 Å². The minimum atomic E-state index is -3.47. The number of fused-ring (bicyclic) bond motifs is 1. The lowest BCUT2D eigenvalue weighted by atomic mass is 10.0. The summed E-state index contributed by atoms with van der Waals surface area (Å²) in [5, 5.41) is 20.5. The summed E-state index contributed by atoms with van der Waals surface area (Å²) in [6.07, 6.45) is 2.81. The molecule has 2 aromatic heterocycles. The number of ether oxygens (including phenoxy) is 1. The third-order valence-corrected chi connectivity index (χ3v) is 7.05. The first-order valence-corrected chi connectivity index (χ1v) is 11.6. The first kappa shape index (κ1) is 21.4. The van der Waals surface area contributed by atoms with Gasteiger partial charge in [0.15, 0.2) is 9.84 Å². The van der Waals surface area contributed by atoms with Crippen LogP contribution in [0.3, 0.4) is 0 Å². The Labute approximate surface area is 185 Å². The molecule has 4 rings (SSSR count). The molecule has 0 radical (unpaired) electrons. The van der Waals surface area contributed by atoms with Crippen LogP contribution in [0, 0.1) is 17.5 Å². The molecule has 2 heterocycles. The smallest absolute Gasteiger partial charge is 0.290 e. The van der Waals surface area contributed by atoms with E-state index in [0.29, 0.717) is 50.6 Å². The number of hydrogen-bond acceptors (Lipinski definition) is 6. The second kappa shape index (κ2) is 8.01. The molecule has 32 heavy (non-hydrogen) atoms. The van der Waals surface area contributed by atoms with Crippen LogP contribution in [-0.2, 0) is 9.84 Å². The Bertz CT molecular complexity index is 1460. The van der Waals surface area contributed by atoms with Gasteiger partial charge in [0.2, 0.25) is 0 Å². The van der Waals surface area contributed by atoms with Gasteiger partial charge >= 0.3 is 0 Å². The zero-order valence-electron chi connectivity index (χ0n) is 17.5. The van der Waals surface area contributed by atoms with Crippen LogP contribution in [0.15, 0.2) is 59.6 Å². The fourth-order valence-corrected chi connectivity index (χ4v) is 4.44. The second-order valence-corrected chi connectivity index (χ2v) is 9.61. The minimum absolute atomic E-state index is 0.0395. The van der Waals surface area contributed by atoms with Crippen molar-refractivity contribution in [3.05, 3.63) is 71.2 Å². The van der Waals surface area contributed by atoms with Crippen LogP contribution in [0.2, 0.25) is 0 Å². The van der Waals surface area contributed by atoms with Gasteiger partial charge < -0.3 is 21.1 Å². The molecule has 164 valence electrons. The summed E-state index contributed by atoms with van der Waals surface area (Å²) in [6.45, 7) is 3.27. The lowest BCUT2D eigenvalue weighted by molar-refractivity contribution is -0.586. The Kier molecular flexibility index (Phi) is 5.35. The molecule has 4 aromatic rings. The number of nitrogens with zero attached hydrogens (tertiary/aromatic N) is 1. The van der Waals surface area contributed by atoms with Crippen molar-refractivity contribution in [1.82, 2.24) is 4.98 Å². The number of aryl methyl sites for hydroxylation is 1. The van der Waals surface area contributed by atoms with Crippen molar-refractivity contribution in [3.8, 4) is 22.6 Å². The maximum Gasteiger partial charge on any atom is 0.290 e. The lowest BCUT2D eigenvalue weighted by Gasteiger charge is -2.16. The molecule has 0 fully saturated rings. The number of pyridine rings is 1. The zero-order chi connectivity index (χ0) is 23.0. The van der Waals surface area contributed by atoms with Crippen molar-refractivity contribution in [3.63, 3.8) is 0 Å². The van der Waals surface area contributed by atoms with E-state index in [9.17, 15) is 13.6 Å². The number of hydrogen-bond donors (Lipinski definition) is 3. The number of H-pyrrole nitrogens is 1. The number of aromatic amines is 1. The predicted molar refractivity (Wildman–Crippen MR) is 124 cm³/mol. The average molecular weight is 451 g/mol. The fourth-order valence-electron chi connectivity index (χ4n) is 3.53. The van der Waals surface area contributed by atoms with Crippen LogP contribution in [0.1, 0.15) is 18.2 Å². The van der Waals surface area contributed by atoms with Crippen LogP contribution in [0.4, 0.5) is 5.69 Å². The van der Waals surface area contributed by atoms with Crippen LogP contribution >= 0.6 is 0 Å². The zero-order valence-corrected chi connectivity index (χ0v) is 18.4. The lowest BCUT2D eigenvalue weighted by Crippen LogP contribution is -2.31. The summed E-state index contributed by atoms with van der Waals surface area (Å²) in [6, 6.07) is 13.1. The van der Waals surface area contributed by atoms with E-state index in [2.05, 4.69) is 4.98 Å². The molecular formula is C23H22N4O4S. The largest absolute Gasteiger partial charge is 0.710 e. The number of nitrogen functional groups attached to an aromatic ring is 1. The third kappa shape index (κ3) is 3.67. The first-order chi connectivity index (χ1) is 15.2. The van der Waals surface area contributed by atoms with Gasteiger partial charge in [-0.1, -0.05) is 6.92 Å². The van der Waals surface area contributed by atoms with Gasteiger partial charge in [-0.25, -0.2) is 18.1 Å². The number of nitrogens with two attached hydrogens (primary N) is 1. The average Bonchev–Trinajstić information content (AvgIpc) is 3.27. The molecular weight excluding hydrogens is 428 g/mol. The quantitative estimate of drug-likeness (QED) is 0.177. The highest BCUT2D eigenvalue weighted by molar-refractivity contribution is 7.91. The number of anilines is 1. The Morgan fingerprint density at radius 3 is 2.62 bits per heavy atom. The van der Waals surface area contributed by atoms with Gasteiger partial charge in [-0.05, 0) is 49.4 Å². The number of aromatic nitrogens is 2. The predicted octanol–water partition coefficient (Wildman–Crippen LogP) is 3.94. The molecule has 0 aliphatic heterocycles. The minimum Gasteiger partial charge on any atom is -0.710 e. The summed E-state index contributed by atoms with van der Waals surface area (Å²) in [5.74, 6) is 0.812. The maximum atomic E-state index is 12.6. The van der Waals surface area contributed by atoms with Crippen LogP contribution in [-0.4, -0.2) is 25.4 Å². The summed E-state index contributed by atoms with van der Waals surface area (Å²) in [4.78, 5) is 3.11. The molecule has 0 saturated carbocycles. The molecule has 0 amide bonds. The van der Waals surface area contributed by atoms with E-state index in [1.165, 1.54) is 6.07 Å². The summed E-state index contributed by atoms with van der Waals surface area (Å²) >= 11 is 0. The number of rotatable bonds is 6. The summed E-state index contributed by atoms with van der Waals surface area (Å²) < 4.78 is 32.0. The van der Waals surface area contributed by atoms with Gasteiger partial charge in [0.25, 0.3) is 5.65 Å². The van der Waals surface area contributed by atoms with Crippen LogP contribution in [0.25, 0.3) is 22.2 Å². The molecule has 0 atom stereocenters. The molecule has 4 N–H and O–H groups in total. The van der Waals surface area contributed by atoms with Gasteiger partial charge in [0.1, 0.15) is 17.2 Å². The van der Waals surface area contributed by atoms with E-state index >= 15 is 0 Å².